The highest BCUT2D eigenvalue weighted by molar-refractivity contribution is 5.97. The first-order chi connectivity index (χ1) is 14.1. The summed E-state index contributed by atoms with van der Waals surface area (Å²) in [6.07, 6.45) is 0.721. The Labute approximate surface area is 166 Å². The second-order valence-electron chi connectivity index (χ2n) is 6.66. The molecule has 0 aliphatic rings. The fourth-order valence-electron chi connectivity index (χ4n) is 3.24. The average Bonchev–Trinajstić information content (AvgIpc) is 2.75. The van der Waals surface area contributed by atoms with Gasteiger partial charge in [0, 0.05) is 12.1 Å². The molecule has 4 rings (SSSR count). The highest BCUT2D eigenvalue weighted by atomic mass is 16.2. The Morgan fingerprint density at radius 2 is 1.59 bits per heavy atom. The van der Waals surface area contributed by atoms with Crippen molar-refractivity contribution in [3.05, 3.63) is 111 Å². The number of hydrogen-bond acceptors (Lipinski definition) is 3. The Kier molecular flexibility index (Phi) is 5.07. The Balaban J connectivity index is 1.59. The van der Waals surface area contributed by atoms with E-state index >= 15 is 0 Å². The molecule has 0 bridgehead atoms. The minimum atomic E-state index is -0.546. The molecule has 1 amide bonds. The SMILES string of the molecule is O=C(NCCc1ccccc1)c1ccc2c(=O)n(-c3ccccc3)c(=O)[nH]c2c1. The molecule has 0 saturated carbocycles. The van der Waals surface area contributed by atoms with Crippen molar-refractivity contribution in [2.24, 2.45) is 0 Å². The fraction of sp³-hybridized carbons (Fsp3) is 0.0870. The molecule has 0 unspecified atom stereocenters. The summed E-state index contributed by atoms with van der Waals surface area (Å²) in [5.41, 5.74) is 1.38. The maximum Gasteiger partial charge on any atom is 0.333 e. The van der Waals surface area contributed by atoms with E-state index in [9.17, 15) is 14.4 Å². The molecule has 1 aromatic heterocycles. The third-order valence-electron chi connectivity index (χ3n) is 4.72. The van der Waals surface area contributed by atoms with Gasteiger partial charge in [-0.15, -0.1) is 0 Å². The van der Waals surface area contributed by atoms with Gasteiger partial charge < -0.3 is 10.3 Å². The molecule has 0 aliphatic carbocycles. The molecule has 144 valence electrons. The molecule has 6 heteroatoms. The molecule has 0 fully saturated rings. The van der Waals surface area contributed by atoms with E-state index in [2.05, 4.69) is 10.3 Å². The molecular formula is C23H19N3O3. The zero-order chi connectivity index (χ0) is 20.2. The van der Waals surface area contributed by atoms with E-state index < -0.39 is 11.2 Å². The smallest absolute Gasteiger partial charge is 0.333 e. The van der Waals surface area contributed by atoms with Gasteiger partial charge in [-0.05, 0) is 42.3 Å². The largest absolute Gasteiger partial charge is 0.352 e. The summed E-state index contributed by atoms with van der Waals surface area (Å²) in [7, 11) is 0. The second-order valence-corrected chi connectivity index (χ2v) is 6.66. The number of benzene rings is 3. The minimum Gasteiger partial charge on any atom is -0.352 e. The first-order valence-corrected chi connectivity index (χ1v) is 9.30. The molecule has 29 heavy (non-hydrogen) atoms. The molecule has 1 heterocycles. The number of carbonyl (C=O) groups excluding carboxylic acids is 1. The van der Waals surface area contributed by atoms with Crippen molar-refractivity contribution in [1.29, 1.82) is 0 Å². The first-order valence-electron chi connectivity index (χ1n) is 9.30. The van der Waals surface area contributed by atoms with Crippen LogP contribution in [0.5, 0.6) is 0 Å². The van der Waals surface area contributed by atoms with Crippen LogP contribution in [-0.4, -0.2) is 22.0 Å². The van der Waals surface area contributed by atoms with Gasteiger partial charge in [0.2, 0.25) is 0 Å². The molecule has 3 aromatic carbocycles. The van der Waals surface area contributed by atoms with Gasteiger partial charge in [0.25, 0.3) is 11.5 Å². The number of hydrogen-bond donors (Lipinski definition) is 2. The van der Waals surface area contributed by atoms with Gasteiger partial charge >= 0.3 is 5.69 Å². The van der Waals surface area contributed by atoms with E-state index in [0.29, 0.717) is 28.7 Å². The van der Waals surface area contributed by atoms with Crippen LogP contribution in [-0.2, 0) is 6.42 Å². The van der Waals surface area contributed by atoms with E-state index in [-0.39, 0.29) is 5.91 Å². The third kappa shape index (κ3) is 3.87. The van der Waals surface area contributed by atoms with Crippen LogP contribution < -0.4 is 16.6 Å². The zero-order valence-electron chi connectivity index (χ0n) is 15.6. The monoisotopic (exact) mass is 385 g/mol. The zero-order valence-corrected chi connectivity index (χ0v) is 15.6. The van der Waals surface area contributed by atoms with E-state index in [4.69, 9.17) is 0 Å². The van der Waals surface area contributed by atoms with Crippen molar-refractivity contribution in [2.75, 3.05) is 6.54 Å². The predicted molar refractivity (Wildman–Crippen MR) is 113 cm³/mol. The molecule has 0 atom stereocenters. The van der Waals surface area contributed by atoms with Gasteiger partial charge in [0.15, 0.2) is 0 Å². The summed E-state index contributed by atoms with van der Waals surface area (Å²) in [6.45, 7) is 0.493. The lowest BCUT2D eigenvalue weighted by Crippen LogP contribution is -2.33. The van der Waals surface area contributed by atoms with Crippen LogP contribution in [0.4, 0.5) is 0 Å². The van der Waals surface area contributed by atoms with Gasteiger partial charge in [0.1, 0.15) is 0 Å². The lowest BCUT2D eigenvalue weighted by molar-refractivity contribution is 0.0954. The molecule has 4 aromatic rings. The summed E-state index contributed by atoms with van der Waals surface area (Å²) in [6, 6.07) is 23.3. The van der Waals surface area contributed by atoms with Gasteiger partial charge in [-0.3, -0.25) is 9.59 Å². The van der Waals surface area contributed by atoms with Crippen molar-refractivity contribution in [2.45, 2.75) is 6.42 Å². The Morgan fingerprint density at radius 3 is 2.31 bits per heavy atom. The molecule has 0 radical (unpaired) electrons. The fourth-order valence-corrected chi connectivity index (χ4v) is 3.24. The third-order valence-corrected chi connectivity index (χ3v) is 4.72. The summed E-state index contributed by atoms with van der Waals surface area (Å²) in [4.78, 5) is 40.4. The molecule has 2 N–H and O–H groups in total. The Hall–Kier alpha value is -3.93. The van der Waals surface area contributed by atoms with Gasteiger partial charge in [-0.2, -0.15) is 0 Å². The number of para-hydroxylation sites is 1. The van der Waals surface area contributed by atoms with Crippen LogP contribution in [0.3, 0.4) is 0 Å². The van der Waals surface area contributed by atoms with Crippen molar-refractivity contribution < 1.29 is 4.79 Å². The number of amides is 1. The standard InChI is InChI=1S/C23H19N3O3/c27-21(24-14-13-16-7-3-1-4-8-16)17-11-12-19-20(15-17)25-23(29)26(22(19)28)18-9-5-2-6-10-18/h1-12,15H,13-14H2,(H,24,27)(H,25,29). The Morgan fingerprint density at radius 1 is 0.897 bits per heavy atom. The number of carbonyl (C=O) groups is 1. The number of rotatable bonds is 5. The van der Waals surface area contributed by atoms with Crippen LogP contribution in [0.15, 0.2) is 88.5 Å². The minimum absolute atomic E-state index is 0.254. The van der Waals surface area contributed by atoms with E-state index in [1.54, 1.807) is 36.4 Å². The first kappa shape index (κ1) is 18.4. The van der Waals surface area contributed by atoms with Crippen LogP contribution in [0.25, 0.3) is 16.6 Å². The number of nitrogens with zero attached hydrogens (tertiary/aromatic N) is 1. The number of nitrogens with one attached hydrogen (secondary N) is 2. The number of H-pyrrole nitrogens is 1. The maximum atomic E-state index is 12.8. The normalized spacial score (nSPS) is 10.8. The summed E-state index contributed by atoms with van der Waals surface area (Å²) >= 11 is 0. The summed E-state index contributed by atoms with van der Waals surface area (Å²) in [5.74, 6) is -0.254. The molecule has 0 aliphatic heterocycles. The van der Waals surface area contributed by atoms with Crippen molar-refractivity contribution >= 4 is 16.8 Å². The van der Waals surface area contributed by atoms with E-state index in [1.165, 1.54) is 6.07 Å². The van der Waals surface area contributed by atoms with Crippen LogP contribution in [0.2, 0.25) is 0 Å². The van der Waals surface area contributed by atoms with E-state index in [1.807, 2.05) is 36.4 Å². The quantitative estimate of drug-likeness (QED) is 0.554. The molecule has 6 nitrogen and oxygen atoms in total. The van der Waals surface area contributed by atoms with Crippen molar-refractivity contribution in [3.63, 3.8) is 0 Å². The highest BCUT2D eigenvalue weighted by Gasteiger charge is 2.12. The average molecular weight is 385 g/mol. The molecule has 0 spiro atoms. The van der Waals surface area contributed by atoms with Crippen molar-refractivity contribution in [1.82, 2.24) is 14.9 Å². The van der Waals surface area contributed by atoms with Gasteiger partial charge in [-0.1, -0.05) is 48.5 Å². The van der Waals surface area contributed by atoms with Gasteiger partial charge in [0.05, 0.1) is 16.6 Å². The maximum absolute atomic E-state index is 12.8. The van der Waals surface area contributed by atoms with Crippen LogP contribution in [0.1, 0.15) is 15.9 Å². The van der Waals surface area contributed by atoms with Crippen molar-refractivity contribution in [3.8, 4) is 5.69 Å². The summed E-state index contributed by atoms with van der Waals surface area (Å²) in [5, 5.41) is 3.21. The Bertz CT molecular complexity index is 1280. The van der Waals surface area contributed by atoms with Gasteiger partial charge in [-0.25, -0.2) is 9.36 Å². The van der Waals surface area contributed by atoms with Crippen LogP contribution >= 0.6 is 0 Å². The highest BCUT2D eigenvalue weighted by Crippen LogP contribution is 2.11. The lowest BCUT2D eigenvalue weighted by Gasteiger charge is -2.08. The topological polar surface area (TPSA) is 84.0 Å². The summed E-state index contributed by atoms with van der Waals surface area (Å²) < 4.78 is 1.09. The lowest BCUT2D eigenvalue weighted by atomic mass is 10.1. The molecular weight excluding hydrogens is 366 g/mol. The predicted octanol–water partition coefficient (Wildman–Crippen LogP) is 2.65. The van der Waals surface area contributed by atoms with Crippen LogP contribution in [0, 0.1) is 0 Å². The number of fused-ring (bicyclic) bond motifs is 1. The number of aromatic nitrogens is 2. The second kappa shape index (κ2) is 7.98. The van der Waals surface area contributed by atoms with E-state index in [0.717, 1.165) is 16.6 Å². The number of aromatic amines is 1. The molecule has 0 saturated heterocycles.